The first kappa shape index (κ1) is 24.4. The maximum Gasteiger partial charge on any atom is 0.215 e. The smallest absolute Gasteiger partial charge is 0.215 e. The zero-order valence-electron chi connectivity index (χ0n) is 20.2. The first-order chi connectivity index (χ1) is 14.1. The van der Waals surface area contributed by atoms with Crippen molar-refractivity contribution in [2.45, 2.75) is 86.5 Å². The van der Waals surface area contributed by atoms with Crippen LogP contribution in [-0.2, 0) is 29.6 Å². The largest absolute Gasteiger partial charge is 0.463 e. The molecule has 0 saturated carbocycles. The van der Waals surface area contributed by atoms with Gasteiger partial charge in [0, 0.05) is 0 Å². The fourth-order valence-electron chi connectivity index (χ4n) is 3.92. The van der Waals surface area contributed by atoms with Crippen LogP contribution in [0.3, 0.4) is 0 Å². The summed E-state index contributed by atoms with van der Waals surface area (Å²) in [7, 11) is 0. The second-order valence-corrected chi connectivity index (χ2v) is 9.63. The molecule has 30 heavy (non-hydrogen) atoms. The van der Waals surface area contributed by atoms with Crippen LogP contribution in [0.5, 0.6) is 5.75 Å². The van der Waals surface area contributed by atoms with Gasteiger partial charge in [0.15, 0.2) is 0 Å². The van der Waals surface area contributed by atoms with Gasteiger partial charge in [0.2, 0.25) is 6.29 Å². The van der Waals surface area contributed by atoms with E-state index in [0.29, 0.717) is 11.8 Å². The number of ether oxygens (including phenoxy) is 1. The molecule has 1 unspecified atom stereocenters. The monoisotopic (exact) mass is 411 g/mol. The number of aryl methyl sites for hydroxylation is 1. The van der Waals surface area contributed by atoms with Crippen LogP contribution in [0.4, 0.5) is 0 Å². The van der Waals surface area contributed by atoms with Gasteiger partial charge < -0.3 is 4.74 Å². The Hall–Kier alpha value is -1.84. The van der Waals surface area contributed by atoms with E-state index in [0.717, 1.165) is 25.0 Å². The first-order valence-electron chi connectivity index (χ1n) is 11.4. The molecule has 1 atom stereocenters. The van der Waals surface area contributed by atoms with Crippen molar-refractivity contribution < 1.29 is 9.57 Å². The number of hydroxylamine groups is 1. The SMILES string of the molecule is CCc1ccccc1C(C)(C)NOC(C)Oc1cccc(CC(C)C)c1CC(C)C. The van der Waals surface area contributed by atoms with Crippen LogP contribution in [0.1, 0.15) is 77.6 Å². The van der Waals surface area contributed by atoms with Crippen molar-refractivity contribution in [2.24, 2.45) is 11.8 Å². The Balaban J connectivity index is 2.13. The van der Waals surface area contributed by atoms with Gasteiger partial charge in [-0.2, -0.15) is 5.48 Å². The Morgan fingerprint density at radius 2 is 1.47 bits per heavy atom. The zero-order valence-corrected chi connectivity index (χ0v) is 20.2. The summed E-state index contributed by atoms with van der Waals surface area (Å²) in [4.78, 5) is 5.97. The molecule has 0 fully saturated rings. The van der Waals surface area contributed by atoms with Crippen molar-refractivity contribution in [1.29, 1.82) is 0 Å². The van der Waals surface area contributed by atoms with Crippen molar-refractivity contribution in [3.8, 4) is 5.75 Å². The normalized spacial score (nSPS) is 13.1. The van der Waals surface area contributed by atoms with Crippen LogP contribution in [0.2, 0.25) is 0 Å². The molecule has 2 aromatic carbocycles. The average molecular weight is 412 g/mol. The molecule has 3 nitrogen and oxygen atoms in total. The highest BCUT2D eigenvalue weighted by atomic mass is 16.8. The minimum atomic E-state index is -0.404. The summed E-state index contributed by atoms with van der Waals surface area (Å²) in [5, 5.41) is 0. The predicted molar refractivity (Wildman–Crippen MR) is 127 cm³/mol. The Bertz CT molecular complexity index is 795. The third kappa shape index (κ3) is 6.85. The molecular weight excluding hydrogens is 370 g/mol. The minimum Gasteiger partial charge on any atom is -0.463 e. The van der Waals surface area contributed by atoms with Crippen LogP contribution in [0.15, 0.2) is 42.5 Å². The molecule has 0 heterocycles. The van der Waals surface area contributed by atoms with E-state index in [4.69, 9.17) is 9.57 Å². The summed E-state index contributed by atoms with van der Waals surface area (Å²) in [6.07, 6.45) is 2.66. The molecule has 166 valence electrons. The highest BCUT2D eigenvalue weighted by Crippen LogP contribution is 2.29. The molecule has 0 radical (unpaired) electrons. The third-order valence-corrected chi connectivity index (χ3v) is 5.32. The second kappa shape index (κ2) is 11.0. The first-order valence-corrected chi connectivity index (χ1v) is 11.4. The highest BCUT2D eigenvalue weighted by Gasteiger charge is 2.24. The van der Waals surface area contributed by atoms with Crippen LogP contribution >= 0.6 is 0 Å². The Morgan fingerprint density at radius 3 is 2.10 bits per heavy atom. The maximum atomic E-state index is 6.27. The van der Waals surface area contributed by atoms with E-state index in [9.17, 15) is 0 Å². The molecule has 3 heteroatoms. The van der Waals surface area contributed by atoms with Gasteiger partial charge in [-0.3, -0.25) is 4.84 Å². The van der Waals surface area contributed by atoms with Gasteiger partial charge in [-0.05, 0) is 80.2 Å². The molecule has 0 bridgehead atoms. The van der Waals surface area contributed by atoms with Crippen molar-refractivity contribution in [2.75, 3.05) is 0 Å². The fraction of sp³-hybridized carbons (Fsp3) is 0.556. The highest BCUT2D eigenvalue weighted by molar-refractivity contribution is 5.41. The molecule has 0 amide bonds. The number of hydrogen-bond donors (Lipinski definition) is 1. The molecule has 1 N–H and O–H groups in total. The van der Waals surface area contributed by atoms with E-state index >= 15 is 0 Å². The van der Waals surface area contributed by atoms with Crippen LogP contribution in [0.25, 0.3) is 0 Å². The Kier molecular flexibility index (Phi) is 8.93. The van der Waals surface area contributed by atoms with Crippen molar-refractivity contribution >= 4 is 0 Å². The third-order valence-electron chi connectivity index (χ3n) is 5.32. The quantitative estimate of drug-likeness (QED) is 0.325. The molecule has 2 aromatic rings. The number of hydrogen-bond acceptors (Lipinski definition) is 3. The molecule has 0 saturated heterocycles. The van der Waals surface area contributed by atoms with Gasteiger partial charge in [0.1, 0.15) is 5.75 Å². The lowest BCUT2D eigenvalue weighted by Gasteiger charge is -2.30. The van der Waals surface area contributed by atoms with Gasteiger partial charge in [0.05, 0.1) is 5.54 Å². The van der Waals surface area contributed by atoms with E-state index in [1.807, 2.05) is 6.92 Å². The summed E-state index contributed by atoms with van der Waals surface area (Å²) >= 11 is 0. The van der Waals surface area contributed by atoms with Gasteiger partial charge in [-0.25, -0.2) is 0 Å². The summed E-state index contributed by atoms with van der Waals surface area (Å²) in [6, 6.07) is 14.9. The average Bonchev–Trinajstić information content (AvgIpc) is 2.68. The summed E-state index contributed by atoms with van der Waals surface area (Å²) in [5.41, 5.74) is 8.21. The van der Waals surface area contributed by atoms with E-state index in [-0.39, 0.29) is 5.54 Å². The van der Waals surface area contributed by atoms with E-state index in [2.05, 4.69) is 96.4 Å². The van der Waals surface area contributed by atoms with E-state index in [1.165, 1.54) is 22.3 Å². The van der Waals surface area contributed by atoms with Crippen molar-refractivity contribution in [3.63, 3.8) is 0 Å². The Labute approximate surface area is 184 Å². The summed E-state index contributed by atoms with van der Waals surface area (Å²) < 4.78 is 6.27. The Morgan fingerprint density at radius 1 is 0.833 bits per heavy atom. The van der Waals surface area contributed by atoms with Gasteiger partial charge >= 0.3 is 0 Å². The summed E-state index contributed by atoms with van der Waals surface area (Å²) in [5.74, 6) is 2.11. The van der Waals surface area contributed by atoms with E-state index < -0.39 is 6.29 Å². The van der Waals surface area contributed by atoms with Crippen molar-refractivity contribution in [1.82, 2.24) is 5.48 Å². The van der Waals surface area contributed by atoms with E-state index in [1.54, 1.807) is 0 Å². The van der Waals surface area contributed by atoms with Gasteiger partial charge in [0.25, 0.3) is 0 Å². The molecule has 0 aliphatic heterocycles. The molecule has 2 rings (SSSR count). The second-order valence-electron chi connectivity index (χ2n) is 9.63. The van der Waals surface area contributed by atoms with Crippen LogP contribution in [0, 0.1) is 11.8 Å². The molecule has 0 aliphatic carbocycles. The minimum absolute atomic E-state index is 0.315. The van der Waals surface area contributed by atoms with Gasteiger partial charge in [-0.1, -0.05) is 71.0 Å². The lowest BCUT2D eigenvalue weighted by molar-refractivity contribution is -0.145. The van der Waals surface area contributed by atoms with Crippen LogP contribution < -0.4 is 10.2 Å². The molecular formula is C27H41NO2. The number of benzene rings is 2. The van der Waals surface area contributed by atoms with Crippen molar-refractivity contribution in [3.05, 3.63) is 64.7 Å². The predicted octanol–water partition coefficient (Wildman–Crippen LogP) is 6.83. The summed E-state index contributed by atoms with van der Waals surface area (Å²) in [6.45, 7) is 17.4. The molecule has 0 aromatic heterocycles. The maximum absolute atomic E-state index is 6.27. The lowest BCUT2D eigenvalue weighted by Crippen LogP contribution is -2.40. The number of rotatable bonds is 11. The topological polar surface area (TPSA) is 30.5 Å². The zero-order chi connectivity index (χ0) is 22.3. The molecule has 0 spiro atoms. The standard InChI is InChI=1S/C27H41NO2/c1-9-22-13-10-11-15-25(22)27(7,8)28-30-21(6)29-26-16-12-14-23(17-19(2)3)24(26)18-20(4)5/h10-16,19-21,28H,9,17-18H2,1-8H3. The fourth-order valence-corrected chi connectivity index (χ4v) is 3.92. The molecule has 0 aliphatic rings. The number of nitrogens with one attached hydrogen (secondary N) is 1. The van der Waals surface area contributed by atoms with Gasteiger partial charge in [-0.15, -0.1) is 0 Å². The van der Waals surface area contributed by atoms with Crippen LogP contribution in [-0.4, -0.2) is 6.29 Å². The lowest BCUT2D eigenvalue weighted by atomic mass is 9.90.